The van der Waals surface area contributed by atoms with E-state index in [1.54, 1.807) is 19.2 Å². The van der Waals surface area contributed by atoms with Crippen LogP contribution in [0.5, 0.6) is 5.75 Å². The Kier molecular flexibility index (Phi) is 4.95. The standard InChI is InChI=1S/C28H22O3S/c1-19-11-17-22(18-12-19)32(29,30)28-26-10-6-4-8-24(26)23-7-3-5-9-25(23)27(28)20-13-15-21(31-2)16-14-20/h3-18H,1-2H3. The molecule has 0 bridgehead atoms. The first kappa shape index (κ1) is 20.3. The maximum Gasteiger partial charge on any atom is 0.207 e. The molecule has 4 heteroatoms. The van der Waals surface area contributed by atoms with Crippen molar-refractivity contribution < 1.29 is 13.2 Å². The minimum atomic E-state index is -3.80. The van der Waals surface area contributed by atoms with E-state index in [9.17, 15) is 8.42 Å². The van der Waals surface area contributed by atoms with Gasteiger partial charge in [-0.3, -0.25) is 0 Å². The van der Waals surface area contributed by atoms with Gasteiger partial charge < -0.3 is 4.74 Å². The maximum atomic E-state index is 14.1. The zero-order valence-corrected chi connectivity index (χ0v) is 18.7. The summed E-state index contributed by atoms with van der Waals surface area (Å²) in [5, 5.41) is 3.57. The van der Waals surface area contributed by atoms with Gasteiger partial charge in [0.05, 0.1) is 16.9 Å². The van der Waals surface area contributed by atoms with E-state index in [2.05, 4.69) is 0 Å². The second kappa shape index (κ2) is 7.81. The van der Waals surface area contributed by atoms with Crippen molar-refractivity contribution in [1.82, 2.24) is 0 Å². The lowest BCUT2D eigenvalue weighted by Crippen LogP contribution is -2.06. The number of sulfone groups is 1. The molecule has 0 aromatic heterocycles. The lowest BCUT2D eigenvalue weighted by atomic mass is 9.93. The fourth-order valence-electron chi connectivity index (χ4n) is 4.27. The Bertz CT molecular complexity index is 1550. The molecule has 0 aliphatic carbocycles. The molecule has 5 aromatic carbocycles. The summed E-state index contributed by atoms with van der Waals surface area (Å²) >= 11 is 0. The quantitative estimate of drug-likeness (QED) is 0.290. The highest BCUT2D eigenvalue weighted by atomic mass is 32.2. The molecule has 0 spiro atoms. The average Bonchev–Trinajstić information content (AvgIpc) is 2.83. The van der Waals surface area contributed by atoms with Crippen molar-refractivity contribution in [3.63, 3.8) is 0 Å². The molecule has 0 unspecified atom stereocenters. The zero-order valence-electron chi connectivity index (χ0n) is 17.9. The largest absolute Gasteiger partial charge is 0.497 e. The minimum absolute atomic E-state index is 0.290. The Morgan fingerprint density at radius 1 is 0.625 bits per heavy atom. The first-order valence-electron chi connectivity index (χ1n) is 10.4. The highest BCUT2D eigenvalue weighted by Crippen LogP contribution is 2.43. The number of benzene rings is 5. The monoisotopic (exact) mass is 438 g/mol. The summed E-state index contributed by atoms with van der Waals surface area (Å²) in [7, 11) is -2.18. The molecule has 0 amide bonds. The van der Waals surface area contributed by atoms with E-state index in [4.69, 9.17) is 4.74 Å². The van der Waals surface area contributed by atoms with Gasteiger partial charge in [-0.1, -0.05) is 78.4 Å². The molecule has 3 nitrogen and oxygen atoms in total. The molecule has 0 fully saturated rings. The van der Waals surface area contributed by atoms with Gasteiger partial charge in [0.25, 0.3) is 0 Å². The summed E-state index contributed by atoms with van der Waals surface area (Å²) in [4.78, 5) is 0.624. The van der Waals surface area contributed by atoms with Crippen molar-refractivity contribution in [2.24, 2.45) is 0 Å². The molecule has 0 atom stereocenters. The van der Waals surface area contributed by atoms with Crippen LogP contribution in [0.1, 0.15) is 5.56 Å². The van der Waals surface area contributed by atoms with Gasteiger partial charge in [0.1, 0.15) is 5.75 Å². The van der Waals surface area contributed by atoms with Gasteiger partial charge >= 0.3 is 0 Å². The summed E-state index contributed by atoms with van der Waals surface area (Å²) in [6.45, 7) is 1.95. The predicted molar refractivity (Wildman–Crippen MR) is 130 cm³/mol. The van der Waals surface area contributed by atoms with Crippen molar-refractivity contribution >= 4 is 31.4 Å². The summed E-state index contributed by atoms with van der Waals surface area (Å²) < 4.78 is 33.5. The SMILES string of the molecule is COc1ccc(-c2c(S(=O)(=O)c3ccc(C)cc3)c3ccccc3c3ccccc23)cc1. The van der Waals surface area contributed by atoms with Crippen LogP contribution in [0.15, 0.2) is 107 Å². The first-order chi connectivity index (χ1) is 15.5. The van der Waals surface area contributed by atoms with Crippen molar-refractivity contribution in [3.05, 3.63) is 103 Å². The molecule has 32 heavy (non-hydrogen) atoms. The Morgan fingerprint density at radius 3 is 1.75 bits per heavy atom. The van der Waals surface area contributed by atoms with Gasteiger partial charge in [0.15, 0.2) is 0 Å². The molecule has 0 heterocycles. The van der Waals surface area contributed by atoms with Crippen molar-refractivity contribution in [2.45, 2.75) is 16.7 Å². The van der Waals surface area contributed by atoms with E-state index in [1.165, 1.54) is 0 Å². The fourth-order valence-corrected chi connectivity index (χ4v) is 5.96. The number of fused-ring (bicyclic) bond motifs is 3. The number of hydrogen-bond acceptors (Lipinski definition) is 3. The van der Waals surface area contributed by atoms with E-state index >= 15 is 0 Å². The van der Waals surface area contributed by atoms with Crippen LogP contribution >= 0.6 is 0 Å². The van der Waals surface area contributed by atoms with Crippen LogP contribution in [0.4, 0.5) is 0 Å². The maximum absolute atomic E-state index is 14.1. The molecule has 0 aliphatic heterocycles. The van der Waals surface area contributed by atoms with Gasteiger partial charge in [-0.25, -0.2) is 8.42 Å². The molecule has 5 rings (SSSR count). The molecule has 0 saturated carbocycles. The van der Waals surface area contributed by atoms with E-state index in [0.29, 0.717) is 15.4 Å². The number of rotatable bonds is 4. The topological polar surface area (TPSA) is 43.4 Å². The zero-order chi connectivity index (χ0) is 22.3. The highest BCUT2D eigenvalue weighted by molar-refractivity contribution is 7.92. The van der Waals surface area contributed by atoms with E-state index in [1.807, 2.05) is 91.9 Å². The van der Waals surface area contributed by atoms with Crippen molar-refractivity contribution in [3.8, 4) is 16.9 Å². The Labute approximate surface area is 187 Å². The summed E-state index contributed by atoms with van der Waals surface area (Å²) in [6.07, 6.45) is 0. The Hall–Kier alpha value is -3.63. The average molecular weight is 439 g/mol. The Balaban J connectivity index is 1.97. The van der Waals surface area contributed by atoms with Crippen LogP contribution in [0, 0.1) is 6.92 Å². The molecule has 0 saturated heterocycles. The van der Waals surface area contributed by atoms with E-state index in [-0.39, 0.29) is 0 Å². The van der Waals surface area contributed by atoms with Crippen LogP contribution < -0.4 is 4.74 Å². The van der Waals surface area contributed by atoms with Gasteiger partial charge in [-0.05, 0) is 52.9 Å². The summed E-state index contributed by atoms with van der Waals surface area (Å²) in [5.41, 5.74) is 2.56. The van der Waals surface area contributed by atoms with Gasteiger partial charge in [0.2, 0.25) is 9.84 Å². The number of ether oxygens (including phenoxy) is 1. The normalized spacial score (nSPS) is 11.7. The molecule has 5 aromatic rings. The first-order valence-corrected chi connectivity index (χ1v) is 11.9. The lowest BCUT2D eigenvalue weighted by Gasteiger charge is -2.18. The molecule has 0 N–H and O–H groups in total. The van der Waals surface area contributed by atoms with Gasteiger partial charge in [0, 0.05) is 10.9 Å². The number of aryl methyl sites for hydroxylation is 1. The van der Waals surface area contributed by atoms with Crippen molar-refractivity contribution in [1.29, 1.82) is 0 Å². The third-order valence-corrected chi connectivity index (χ3v) is 7.72. The van der Waals surface area contributed by atoms with Gasteiger partial charge in [-0.2, -0.15) is 0 Å². The van der Waals surface area contributed by atoms with Crippen LogP contribution in [0.3, 0.4) is 0 Å². The number of hydrogen-bond donors (Lipinski definition) is 0. The van der Waals surface area contributed by atoms with E-state index < -0.39 is 9.84 Å². The van der Waals surface area contributed by atoms with Gasteiger partial charge in [-0.15, -0.1) is 0 Å². The molecule has 0 aliphatic rings. The second-order valence-corrected chi connectivity index (χ2v) is 9.73. The fraction of sp³-hybridized carbons (Fsp3) is 0.0714. The van der Waals surface area contributed by atoms with Crippen LogP contribution in [0.2, 0.25) is 0 Å². The smallest absolute Gasteiger partial charge is 0.207 e. The van der Waals surface area contributed by atoms with Crippen LogP contribution in [-0.2, 0) is 9.84 Å². The molecule has 0 radical (unpaired) electrons. The van der Waals surface area contributed by atoms with E-state index in [0.717, 1.165) is 38.4 Å². The molecular formula is C28H22O3S. The van der Waals surface area contributed by atoms with Crippen LogP contribution in [-0.4, -0.2) is 15.5 Å². The highest BCUT2D eigenvalue weighted by Gasteiger charge is 2.27. The minimum Gasteiger partial charge on any atom is -0.497 e. The number of methoxy groups -OCH3 is 1. The van der Waals surface area contributed by atoms with Crippen molar-refractivity contribution in [2.75, 3.05) is 7.11 Å². The molecular weight excluding hydrogens is 416 g/mol. The lowest BCUT2D eigenvalue weighted by molar-refractivity contribution is 0.415. The van der Waals surface area contributed by atoms with Crippen LogP contribution in [0.25, 0.3) is 32.7 Å². The Morgan fingerprint density at radius 2 is 1.16 bits per heavy atom. The molecule has 158 valence electrons. The summed E-state index contributed by atoms with van der Waals surface area (Å²) in [6, 6.07) is 30.3. The predicted octanol–water partition coefficient (Wildman–Crippen LogP) is 6.81. The second-order valence-electron chi connectivity index (χ2n) is 7.84. The summed E-state index contributed by atoms with van der Waals surface area (Å²) in [5.74, 6) is 0.724. The third-order valence-electron chi connectivity index (χ3n) is 5.86. The third kappa shape index (κ3) is 3.24.